The Hall–Kier alpha value is -0.410. The normalized spacial score (nSPS) is 18.1. The van der Waals surface area contributed by atoms with E-state index in [0.29, 0.717) is 5.78 Å². The van der Waals surface area contributed by atoms with Crippen molar-refractivity contribution in [2.75, 3.05) is 39.3 Å². The van der Waals surface area contributed by atoms with Gasteiger partial charge in [-0.3, -0.25) is 4.79 Å². The molecule has 0 bridgehead atoms. The van der Waals surface area contributed by atoms with Gasteiger partial charge in [0, 0.05) is 19.5 Å². The van der Waals surface area contributed by atoms with Crippen molar-refractivity contribution in [2.45, 2.75) is 79.1 Å². The van der Waals surface area contributed by atoms with E-state index in [2.05, 4.69) is 37.5 Å². The molecule has 0 N–H and O–H groups in total. The zero-order valence-electron chi connectivity index (χ0n) is 16.2. The lowest BCUT2D eigenvalue weighted by Gasteiger charge is -2.43. The lowest BCUT2D eigenvalue weighted by molar-refractivity contribution is -0.134. The van der Waals surface area contributed by atoms with Crippen molar-refractivity contribution in [3.05, 3.63) is 0 Å². The van der Waals surface area contributed by atoms with Crippen LogP contribution in [-0.4, -0.2) is 54.9 Å². The van der Waals surface area contributed by atoms with E-state index >= 15 is 0 Å². The van der Waals surface area contributed by atoms with E-state index in [-0.39, 0.29) is 5.41 Å². The van der Waals surface area contributed by atoms with E-state index in [1.54, 1.807) is 0 Å². The standard InChI is InChI=1S/C20H40N2O/c1-5-13-21(14-6-2)17-20(12-10-9-11-19(20)23)18-22(15-7-3)16-8-4/h5-18H2,1-4H3. The molecule has 1 rings (SSSR count). The zero-order valence-corrected chi connectivity index (χ0v) is 16.2. The Bertz CT molecular complexity index is 300. The van der Waals surface area contributed by atoms with Crippen molar-refractivity contribution in [1.29, 1.82) is 0 Å². The fourth-order valence-corrected chi connectivity index (χ4v) is 4.20. The number of hydrogen-bond donors (Lipinski definition) is 0. The molecule has 0 atom stereocenters. The van der Waals surface area contributed by atoms with Gasteiger partial charge in [0.2, 0.25) is 0 Å². The van der Waals surface area contributed by atoms with Crippen LogP contribution < -0.4 is 0 Å². The van der Waals surface area contributed by atoms with Gasteiger partial charge in [0.15, 0.2) is 0 Å². The molecular weight excluding hydrogens is 284 g/mol. The molecule has 1 aliphatic carbocycles. The highest BCUT2D eigenvalue weighted by Crippen LogP contribution is 2.35. The van der Waals surface area contributed by atoms with Crippen LogP contribution in [0.3, 0.4) is 0 Å². The van der Waals surface area contributed by atoms with Gasteiger partial charge < -0.3 is 9.80 Å². The van der Waals surface area contributed by atoms with E-state index in [0.717, 1.165) is 58.5 Å². The predicted octanol–water partition coefficient (Wildman–Crippen LogP) is 4.36. The summed E-state index contributed by atoms with van der Waals surface area (Å²) < 4.78 is 0. The Morgan fingerprint density at radius 3 is 1.57 bits per heavy atom. The molecule has 0 unspecified atom stereocenters. The topological polar surface area (TPSA) is 23.6 Å². The Kier molecular flexibility index (Phi) is 10.0. The maximum Gasteiger partial charge on any atom is 0.141 e. The molecule has 3 heteroatoms. The third-order valence-electron chi connectivity index (χ3n) is 5.11. The highest BCUT2D eigenvalue weighted by molar-refractivity contribution is 5.86. The van der Waals surface area contributed by atoms with Crippen LogP contribution in [0.15, 0.2) is 0 Å². The number of rotatable bonds is 12. The smallest absolute Gasteiger partial charge is 0.141 e. The molecule has 136 valence electrons. The Morgan fingerprint density at radius 2 is 1.22 bits per heavy atom. The number of nitrogens with zero attached hydrogens (tertiary/aromatic N) is 2. The third-order valence-corrected chi connectivity index (χ3v) is 5.11. The summed E-state index contributed by atoms with van der Waals surface area (Å²) in [4.78, 5) is 18.1. The number of carbonyl (C=O) groups is 1. The fraction of sp³-hybridized carbons (Fsp3) is 0.950. The van der Waals surface area contributed by atoms with Crippen molar-refractivity contribution < 1.29 is 4.79 Å². The van der Waals surface area contributed by atoms with Crippen LogP contribution in [0.25, 0.3) is 0 Å². The molecule has 0 aromatic carbocycles. The summed E-state index contributed by atoms with van der Waals surface area (Å²) in [6, 6.07) is 0. The highest BCUT2D eigenvalue weighted by atomic mass is 16.1. The van der Waals surface area contributed by atoms with E-state index in [1.165, 1.54) is 32.1 Å². The van der Waals surface area contributed by atoms with Crippen LogP contribution in [0.1, 0.15) is 79.1 Å². The first-order chi connectivity index (χ1) is 11.1. The Morgan fingerprint density at radius 1 is 0.783 bits per heavy atom. The minimum Gasteiger partial charge on any atom is -0.302 e. The van der Waals surface area contributed by atoms with Gasteiger partial charge in [-0.15, -0.1) is 0 Å². The van der Waals surface area contributed by atoms with Gasteiger partial charge in [0.05, 0.1) is 5.41 Å². The second-order valence-corrected chi connectivity index (χ2v) is 7.46. The summed E-state index contributed by atoms with van der Waals surface area (Å²) in [6.07, 6.45) is 8.94. The summed E-state index contributed by atoms with van der Waals surface area (Å²) in [7, 11) is 0. The predicted molar refractivity (Wildman–Crippen MR) is 100.0 cm³/mol. The van der Waals surface area contributed by atoms with Crippen molar-refractivity contribution in [2.24, 2.45) is 5.41 Å². The van der Waals surface area contributed by atoms with Crippen molar-refractivity contribution in [3.63, 3.8) is 0 Å². The molecule has 0 radical (unpaired) electrons. The third kappa shape index (κ3) is 6.54. The molecule has 1 aliphatic rings. The molecule has 23 heavy (non-hydrogen) atoms. The van der Waals surface area contributed by atoms with E-state index in [9.17, 15) is 4.79 Å². The average Bonchev–Trinajstić information content (AvgIpc) is 2.51. The molecule has 0 saturated heterocycles. The Balaban J connectivity index is 2.89. The molecule has 0 aromatic heterocycles. The summed E-state index contributed by atoms with van der Waals surface area (Å²) in [6.45, 7) is 15.5. The number of hydrogen-bond acceptors (Lipinski definition) is 3. The number of ketones is 1. The van der Waals surface area contributed by atoms with Gasteiger partial charge >= 0.3 is 0 Å². The minimum absolute atomic E-state index is 0.104. The van der Waals surface area contributed by atoms with Gasteiger partial charge in [-0.25, -0.2) is 0 Å². The van der Waals surface area contributed by atoms with Crippen LogP contribution in [0.4, 0.5) is 0 Å². The number of Topliss-reactive ketones (excluding diaryl/α,β-unsaturated/α-hetero) is 1. The summed E-state index contributed by atoms with van der Waals surface area (Å²) in [5.41, 5.74) is -0.104. The van der Waals surface area contributed by atoms with Gasteiger partial charge in [-0.2, -0.15) is 0 Å². The first-order valence-corrected chi connectivity index (χ1v) is 10.1. The molecule has 0 amide bonds. The summed E-state index contributed by atoms with van der Waals surface area (Å²) >= 11 is 0. The SMILES string of the molecule is CCCN(CCC)CC1(CN(CCC)CCC)CCCCC1=O. The maximum absolute atomic E-state index is 13.0. The molecule has 0 aromatic rings. The van der Waals surface area contributed by atoms with Crippen LogP contribution in [0, 0.1) is 5.41 Å². The van der Waals surface area contributed by atoms with Crippen LogP contribution >= 0.6 is 0 Å². The first kappa shape index (κ1) is 20.6. The largest absolute Gasteiger partial charge is 0.302 e. The van der Waals surface area contributed by atoms with Crippen LogP contribution in [-0.2, 0) is 4.79 Å². The van der Waals surface area contributed by atoms with Gasteiger partial charge in [0.1, 0.15) is 5.78 Å². The van der Waals surface area contributed by atoms with Crippen LogP contribution in [0.5, 0.6) is 0 Å². The quantitative estimate of drug-likeness (QED) is 0.533. The molecule has 0 aliphatic heterocycles. The minimum atomic E-state index is -0.104. The van der Waals surface area contributed by atoms with E-state index < -0.39 is 0 Å². The van der Waals surface area contributed by atoms with Crippen molar-refractivity contribution in [1.82, 2.24) is 9.80 Å². The molecule has 1 saturated carbocycles. The second-order valence-electron chi connectivity index (χ2n) is 7.46. The number of carbonyl (C=O) groups excluding carboxylic acids is 1. The fourth-order valence-electron chi connectivity index (χ4n) is 4.20. The molecule has 1 fully saturated rings. The zero-order chi connectivity index (χ0) is 17.1. The summed E-state index contributed by atoms with van der Waals surface area (Å²) in [5, 5.41) is 0. The molecule has 3 nitrogen and oxygen atoms in total. The second kappa shape index (κ2) is 11.2. The van der Waals surface area contributed by atoms with Crippen molar-refractivity contribution in [3.8, 4) is 0 Å². The van der Waals surface area contributed by atoms with Crippen LogP contribution in [0.2, 0.25) is 0 Å². The molecular formula is C20H40N2O. The van der Waals surface area contributed by atoms with Gasteiger partial charge in [-0.1, -0.05) is 34.1 Å². The van der Waals surface area contributed by atoms with E-state index in [4.69, 9.17) is 0 Å². The Labute approximate surface area is 144 Å². The average molecular weight is 325 g/mol. The van der Waals surface area contributed by atoms with Gasteiger partial charge in [0.25, 0.3) is 0 Å². The van der Waals surface area contributed by atoms with E-state index in [1.807, 2.05) is 0 Å². The highest BCUT2D eigenvalue weighted by Gasteiger charge is 2.41. The monoisotopic (exact) mass is 324 g/mol. The van der Waals surface area contributed by atoms with Crippen molar-refractivity contribution >= 4 is 5.78 Å². The first-order valence-electron chi connectivity index (χ1n) is 10.1. The van der Waals surface area contributed by atoms with Gasteiger partial charge in [-0.05, 0) is 64.7 Å². The molecule has 0 spiro atoms. The molecule has 0 heterocycles. The lowest BCUT2D eigenvalue weighted by atomic mass is 9.72. The summed E-state index contributed by atoms with van der Waals surface area (Å²) in [5.74, 6) is 0.540. The maximum atomic E-state index is 13.0. The lowest BCUT2D eigenvalue weighted by Crippen LogP contribution is -2.52.